The van der Waals surface area contributed by atoms with Gasteiger partial charge in [0.1, 0.15) is 0 Å². The molecule has 2 N–H and O–H groups in total. The van der Waals surface area contributed by atoms with Gasteiger partial charge in [-0.3, -0.25) is 14.4 Å². The highest BCUT2D eigenvalue weighted by molar-refractivity contribution is 7.92. The van der Waals surface area contributed by atoms with Crippen molar-refractivity contribution < 1.29 is 13.2 Å². The summed E-state index contributed by atoms with van der Waals surface area (Å²) in [6.45, 7) is 3.60. The summed E-state index contributed by atoms with van der Waals surface area (Å²) in [4.78, 5) is 15.4. The smallest absolute Gasteiger partial charge is 0.261 e. The van der Waals surface area contributed by atoms with Crippen molar-refractivity contribution >= 4 is 33.2 Å². The number of hydrogen-bond acceptors (Lipinski definition) is 4. The van der Waals surface area contributed by atoms with E-state index in [0.717, 1.165) is 25.2 Å². The number of rotatable bonds is 8. The van der Waals surface area contributed by atoms with Crippen LogP contribution in [-0.2, 0) is 23.1 Å². The van der Waals surface area contributed by atoms with E-state index < -0.39 is 10.0 Å². The molecule has 0 unspecified atom stereocenters. The third-order valence-corrected chi connectivity index (χ3v) is 7.57. The number of halogens is 1. The second-order valence-electron chi connectivity index (χ2n) is 8.45. The normalized spacial score (nSPS) is 14.5. The molecule has 3 aromatic carbocycles. The van der Waals surface area contributed by atoms with E-state index in [0.29, 0.717) is 6.54 Å². The molecule has 0 bridgehead atoms. The molecule has 0 aromatic heterocycles. The minimum Gasteiger partial charge on any atom is -0.348 e. The Labute approximate surface area is 206 Å². The Morgan fingerprint density at radius 2 is 1.56 bits per heavy atom. The molecule has 4 rings (SSSR count). The Morgan fingerprint density at radius 1 is 0.882 bits per heavy atom. The molecule has 6 nitrogen and oxygen atoms in total. The number of anilines is 1. The first-order chi connectivity index (χ1) is 16.4. The first kappa shape index (κ1) is 24.3. The Hall–Kier alpha value is -2.87. The fourth-order valence-electron chi connectivity index (χ4n) is 3.99. The molecule has 1 aliphatic heterocycles. The van der Waals surface area contributed by atoms with Gasteiger partial charge >= 0.3 is 0 Å². The summed E-state index contributed by atoms with van der Waals surface area (Å²) < 4.78 is 27.7. The fourth-order valence-corrected chi connectivity index (χ4v) is 5.27. The van der Waals surface area contributed by atoms with Gasteiger partial charge in [-0.05, 0) is 67.4 Å². The summed E-state index contributed by atoms with van der Waals surface area (Å²) in [5.41, 5.74) is 2.71. The van der Waals surface area contributed by atoms with Gasteiger partial charge in [0.05, 0.1) is 15.5 Å². The number of sulfonamides is 1. The van der Waals surface area contributed by atoms with E-state index in [1.807, 2.05) is 12.1 Å². The standard InChI is InChI=1S/C26H28ClN3O3S/c27-25-14-13-22(29-34(32,33)23-7-3-1-4-8-23)17-24(25)26(31)28-18-20-9-11-21(12-10-20)19-30-15-5-2-6-16-30/h1,3-4,7-14,17,29H,2,5-6,15-16,18-19H2,(H,28,31). The Kier molecular flexibility index (Phi) is 7.88. The number of amides is 1. The fraction of sp³-hybridized carbons (Fsp3) is 0.269. The highest BCUT2D eigenvalue weighted by atomic mass is 35.5. The predicted octanol–water partition coefficient (Wildman–Crippen LogP) is 5.06. The van der Waals surface area contributed by atoms with Crippen LogP contribution in [0.4, 0.5) is 5.69 Å². The van der Waals surface area contributed by atoms with Gasteiger partial charge in [-0.15, -0.1) is 0 Å². The summed E-state index contributed by atoms with van der Waals surface area (Å²) >= 11 is 6.23. The zero-order valence-corrected chi connectivity index (χ0v) is 20.4. The van der Waals surface area contributed by atoms with Gasteiger partial charge in [-0.25, -0.2) is 8.42 Å². The Morgan fingerprint density at radius 3 is 2.26 bits per heavy atom. The predicted molar refractivity (Wildman–Crippen MR) is 135 cm³/mol. The number of carbonyl (C=O) groups excluding carboxylic acids is 1. The molecule has 0 radical (unpaired) electrons. The van der Waals surface area contributed by atoms with E-state index in [4.69, 9.17) is 11.6 Å². The monoisotopic (exact) mass is 497 g/mol. The van der Waals surface area contributed by atoms with Crippen molar-refractivity contribution in [3.63, 3.8) is 0 Å². The van der Waals surface area contributed by atoms with Crippen LogP contribution in [-0.4, -0.2) is 32.3 Å². The highest BCUT2D eigenvalue weighted by Crippen LogP contribution is 2.23. The molecule has 1 aliphatic rings. The van der Waals surface area contributed by atoms with Crippen LogP contribution in [0, 0.1) is 0 Å². The van der Waals surface area contributed by atoms with Crippen molar-refractivity contribution in [1.29, 1.82) is 0 Å². The van der Waals surface area contributed by atoms with Crippen molar-refractivity contribution in [2.75, 3.05) is 17.8 Å². The summed E-state index contributed by atoms with van der Waals surface area (Å²) in [7, 11) is -3.77. The molecular weight excluding hydrogens is 470 g/mol. The average molecular weight is 498 g/mol. The Balaban J connectivity index is 1.37. The van der Waals surface area contributed by atoms with Crippen LogP contribution in [0.1, 0.15) is 40.7 Å². The minimum absolute atomic E-state index is 0.139. The maximum Gasteiger partial charge on any atom is 0.261 e. The summed E-state index contributed by atoms with van der Waals surface area (Å²) in [5.74, 6) is -0.372. The third kappa shape index (κ3) is 6.38. The lowest BCUT2D eigenvalue weighted by Crippen LogP contribution is -2.29. The van der Waals surface area contributed by atoms with Crippen molar-refractivity contribution in [2.24, 2.45) is 0 Å². The quantitative estimate of drug-likeness (QED) is 0.456. The molecule has 1 amide bonds. The third-order valence-electron chi connectivity index (χ3n) is 5.85. The molecule has 1 saturated heterocycles. The van der Waals surface area contributed by atoms with E-state index in [-0.39, 0.29) is 27.1 Å². The molecule has 3 aromatic rings. The number of carbonyl (C=O) groups is 1. The SMILES string of the molecule is O=C(NCc1ccc(CN2CCCCC2)cc1)c1cc(NS(=O)(=O)c2ccccc2)ccc1Cl. The van der Waals surface area contributed by atoms with Crippen molar-refractivity contribution in [3.8, 4) is 0 Å². The zero-order valence-electron chi connectivity index (χ0n) is 18.8. The molecule has 1 fully saturated rings. The molecule has 178 valence electrons. The number of hydrogen-bond donors (Lipinski definition) is 2. The van der Waals surface area contributed by atoms with Crippen LogP contribution in [0.15, 0.2) is 77.7 Å². The van der Waals surface area contributed by atoms with Crippen LogP contribution in [0.25, 0.3) is 0 Å². The van der Waals surface area contributed by atoms with Crippen LogP contribution >= 0.6 is 11.6 Å². The van der Waals surface area contributed by atoms with Gasteiger partial charge in [0.2, 0.25) is 0 Å². The summed E-state index contributed by atoms with van der Waals surface area (Å²) in [5, 5.41) is 3.11. The van der Waals surface area contributed by atoms with Gasteiger partial charge in [0.15, 0.2) is 0 Å². The van der Waals surface area contributed by atoms with Crippen molar-refractivity contribution in [2.45, 2.75) is 37.2 Å². The van der Waals surface area contributed by atoms with E-state index in [1.54, 1.807) is 18.2 Å². The van der Waals surface area contributed by atoms with Gasteiger partial charge in [0.25, 0.3) is 15.9 Å². The second kappa shape index (κ2) is 11.0. The number of piperidine rings is 1. The average Bonchev–Trinajstić information content (AvgIpc) is 2.85. The largest absolute Gasteiger partial charge is 0.348 e. The lowest BCUT2D eigenvalue weighted by molar-refractivity contribution is 0.0951. The number of likely N-dealkylation sites (tertiary alicyclic amines) is 1. The summed E-state index contributed by atoms with van der Waals surface area (Å²) in [6.07, 6.45) is 3.85. The van der Waals surface area contributed by atoms with Gasteiger partial charge in [-0.2, -0.15) is 0 Å². The number of benzene rings is 3. The van der Waals surface area contributed by atoms with Gasteiger partial charge in [-0.1, -0.05) is 60.5 Å². The van der Waals surface area contributed by atoms with E-state index in [1.165, 1.54) is 55.2 Å². The number of nitrogens with zero attached hydrogens (tertiary/aromatic N) is 1. The molecule has 0 saturated carbocycles. The molecule has 0 spiro atoms. The molecule has 34 heavy (non-hydrogen) atoms. The lowest BCUT2D eigenvalue weighted by Gasteiger charge is -2.26. The molecule has 1 heterocycles. The molecule has 0 atom stereocenters. The maximum absolute atomic E-state index is 12.8. The number of nitrogens with one attached hydrogen (secondary N) is 2. The van der Waals surface area contributed by atoms with Crippen LogP contribution in [0.3, 0.4) is 0 Å². The lowest BCUT2D eigenvalue weighted by atomic mass is 10.1. The topological polar surface area (TPSA) is 78.5 Å². The van der Waals surface area contributed by atoms with E-state index in [2.05, 4.69) is 27.1 Å². The first-order valence-corrected chi connectivity index (χ1v) is 13.2. The first-order valence-electron chi connectivity index (χ1n) is 11.4. The van der Waals surface area contributed by atoms with E-state index >= 15 is 0 Å². The zero-order chi connectivity index (χ0) is 24.0. The van der Waals surface area contributed by atoms with Crippen molar-refractivity contribution in [3.05, 3.63) is 94.5 Å². The van der Waals surface area contributed by atoms with Crippen LogP contribution in [0.2, 0.25) is 5.02 Å². The molecular formula is C26H28ClN3O3S. The van der Waals surface area contributed by atoms with Gasteiger partial charge in [0, 0.05) is 18.8 Å². The van der Waals surface area contributed by atoms with Crippen molar-refractivity contribution in [1.82, 2.24) is 10.2 Å². The van der Waals surface area contributed by atoms with Crippen LogP contribution in [0.5, 0.6) is 0 Å². The highest BCUT2D eigenvalue weighted by Gasteiger charge is 2.17. The van der Waals surface area contributed by atoms with Gasteiger partial charge < -0.3 is 5.32 Å². The summed E-state index contributed by atoms with van der Waals surface area (Å²) in [6, 6.07) is 20.8. The second-order valence-corrected chi connectivity index (χ2v) is 10.5. The Bertz CT molecular complexity index is 1230. The van der Waals surface area contributed by atoms with Crippen LogP contribution < -0.4 is 10.0 Å². The van der Waals surface area contributed by atoms with E-state index in [9.17, 15) is 13.2 Å². The minimum atomic E-state index is -3.77. The maximum atomic E-state index is 12.8. The molecule has 0 aliphatic carbocycles. The molecule has 8 heteroatoms.